The quantitative estimate of drug-likeness (QED) is 0.574. The zero-order chi connectivity index (χ0) is 22.6. The van der Waals surface area contributed by atoms with Crippen molar-refractivity contribution in [3.63, 3.8) is 0 Å². The molecule has 0 aliphatic carbocycles. The van der Waals surface area contributed by atoms with Crippen molar-refractivity contribution in [1.29, 1.82) is 0 Å². The van der Waals surface area contributed by atoms with Crippen molar-refractivity contribution in [2.45, 2.75) is 11.3 Å². The number of ether oxygens (including phenoxy) is 1. The molecule has 8 nitrogen and oxygen atoms in total. The van der Waals surface area contributed by atoms with E-state index in [-0.39, 0.29) is 36.3 Å². The summed E-state index contributed by atoms with van der Waals surface area (Å²) in [6.45, 7) is 0.143. The van der Waals surface area contributed by atoms with Crippen molar-refractivity contribution in [1.82, 2.24) is 0 Å². The van der Waals surface area contributed by atoms with Crippen LogP contribution < -0.4 is 19.7 Å². The van der Waals surface area contributed by atoms with E-state index in [0.717, 1.165) is 0 Å². The lowest BCUT2D eigenvalue weighted by Crippen LogP contribution is -2.40. The number of rotatable bonds is 7. The maximum Gasteiger partial charge on any atom is 0.265 e. The fourth-order valence-electron chi connectivity index (χ4n) is 3.27. The Morgan fingerprint density at radius 1 is 0.906 bits per heavy atom. The van der Waals surface area contributed by atoms with Crippen molar-refractivity contribution in [2.75, 3.05) is 28.1 Å². The van der Waals surface area contributed by atoms with Gasteiger partial charge in [0.15, 0.2) is 6.61 Å². The number of hydrogen-bond donors (Lipinski definition) is 2. The molecule has 32 heavy (non-hydrogen) atoms. The van der Waals surface area contributed by atoms with E-state index in [2.05, 4.69) is 10.0 Å². The molecule has 0 atom stereocenters. The molecule has 164 valence electrons. The van der Waals surface area contributed by atoms with Gasteiger partial charge in [0.25, 0.3) is 15.9 Å². The molecule has 3 aromatic carbocycles. The Morgan fingerprint density at radius 3 is 2.34 bits per heavy atom. The van der Waals surface area contributed by atoms with Gasteiger partial charge in [-0.3, -0.25) is 14.3 Å². The number of benzene rings is 3. The first-order valence-corrected chi connectivity index (χ1v) is 11.4. The Morgan fingerprint density at radius 2 is 1.59 bits per heavy atom. The van der Waals surface area contributed by atoms with Gasteiger partial charge in [0.2, 0.25) is 5.91 Å². The Labute approximate surface area is 185 Å². The van der Waals surface area contributed by atoms with Crippen LogP contribution in [-0.4, -0.2) is 33.4 Å². The molecule has 0 unspecified atom stereocenters. The molecular formula is C23H21N3O5S. The van der Waals surface area contributed by atoms with Crippen LogP contribution in [0, 0.1) is 0 Å². The monoisotopic (exact) mass is 451 g/mol. The van der Waals surface area contributed by atoms with Crippen LogP contribution in [0.2, 0.25) is 0 Å². The molecule has 0 fully saturated rings. The first-order valence-electron chi connectivity index (χ1n) is 9.92. The lowest BCUT2D eigenvalue weighted by molar-refractivity contribution is -0.121. The van der Waals surface area contributed by atoms with Crippen molar-refractivity contribution in [3.05, 3.63) is 78.9 Å². The topological polar surface area (TPSA) is 105 Å². The summed E-state index contributed by atoms with van der Waals surface area (Å²) in [5, 5.41) is 2.73. The first-order chi connectivity index (χ1) is 15.4. The Balaban J connectivity index is 1.36. The average molecular weight is 452 g/mol. The van der Waals surface area contributed by atoms with Gasteiger partial charge in [-0.1, -0.05) is 30.3 Å². The maximum absolute atomic E-state index is 12.5. The van der Waals surface area contributed by atoms with Gasteiger partial charge in [-0.15, -0.1) is 0 Å². The third kappa shape index (κ3) is 4.89. The van der Waals surface area contributed by atoms with Crippen LogP contribution in [0.5, 0.6) is 5.75 Å². The number of para-hydroxylation sites is 3. The molecule has 2 N–H and O–H groups in total. The van der Waals surface area contributed by atoms with Crippen LogP contribution >= 0.6 is 0 Å². The summed E-state index contributed by atoms with van der Waals surface area (Å²) in [6.07, 6.45) is 0.0791. The van der Waals surface area contributed by atoms with E-state index < -0.39 is 10.0 Å². The van der Waals surface area contributed by atoms with Crippen LogP contribution in [0.1, 0.15) is 6.42 Å². The molecule has 0 aromatic heterocycles. The van der Waals surface area contributed by atoms with E-state index in [1.54, 1.807) is 48.5 Å². The van der Waals surface area contributed by atoms with E-state index in [4.69, 9.17) is 4.74 Å². The van der Waals surface area contributed by atoms with Crippen molar-refractivity contribution in [2.24, 2.45) is 0 Å². The fraction of sp³-hybridized carbons (Fsp3) is 0.130. The molecule has 2 amide bonds. The average Bonchev–Trinajstić information content (AvgIpc) is 2.79. The molecule has 0 bridgehead atoms. The van der Waals surface area contributed by atoms with Gasteiger partial charge in [-0.25, -0.2) is 8.42 Å². The summed E-state index contributed by atoms with van der Waals surface area (Å²) >= 11 is 0. The second-order valence-corrected chi connectivity index (χ2v) is 8.78. The van der Waals surface area contributed by atoms with Crippen molar-refractivity contribution < 1.29 is 22.7 Å². The predicted molar refractivity (Wildman–Crippen MR) is 121 cm³/mol. The number of fused-ring (bicyclic) bond motifs is 1. The molecule has 0 spiro atoms. The third-order valence-electron chi connectivity index (χ3n) is 4.85. The normalized spacial score (nSPS) is 13.1. The lowest BCUT2D eigenvalue weighted by Gasteiger charge is -2.29. The summed E-state index contributed by atoms with van der Waals surface area (Å²) in [7, 11) is -3.74. The predicted octanol–water partition coefficient (Wildman–Crippen LogP) is 3.24. The number of carbonyl (C=O) groups excluding carboxylic acids is 2. The second kappa shape index (κ2) is 9.11. The van der Waals surface area contributed by atoms with Crippen LogP contribution in [0.4, 0.5) is 17.1 Å². The van der Waals surface area contributed by atoms with Crippen LogP contribution in [0.15, 0.2) is 83.8 Å². The number of anilines is 3. The maximum atomic E-state index is 12.5. The number of carbonyl (C=O) groups is 2. The highest BCUT2D eigenvalue weighted by molar-refractivity contribution is 7.92. The highest BCUT2D eigenvalue weighted by Crippen LogP contribution is 2.31. The number of nitrogens with one attached hydrogen (secondary N) is 2. The Hall–Kier alpha value is -3.85. The fourth-order valence-corrected chi connectivity index (χ4v) is 4.33. The van der Waals surface area contributed by atoms with Gasteiger partial charge in [-0.05, 0) is 48.5 Å². The number of sulfonamides is 1. The van der Waals surface area contributed by atoms with Gasteiger partial charge in [0.1, 0.15) is 5.75 Å². The van der Waals surface area contributed by atoms with Crippen molar-refractivity contribution in [3.8, 4) is 5.75 Å². The van der Waals surface area contributed by atoms with Crippen LogP contribution in [0.25, 0.3) is 0 Å². The highest BCUT2D eigenvalue weighted by Gasteiger charge is 2.25. The molecule has 4 rings (SSSR count). The van der Waals surface area contributed by atoms with Gasteiger partial charge in [-0.2, -0.15) is 0 Å². The van der Waals surface area contributed by atoms with E-state index in [1.807, 2.05) is 6.07 Å². The molecule has 1 aliphatic rings. The minimum atomic E-state index is -3.74. The van der Waals surface area contributed by atoms with Gasteiger partial charge in [0, 0.05) is 24.3 Å². The van der Waals surface area contributed by atoms with Gasteiger partial charge >= 0.3 is 0 Å². The van der Waals surface area contributed by atoms with Gasteiger partial charge in [0.05, 0.1) is 10.6 Å². The molecule has 3 aromatic rings. The molecule has 1 heterocycles. The van der Waals surface area contributed by atoms with E-state index in [9.17, 15) is 18.0 Å². The summed E-state index contributed by atoms with van der Waals surface area (Å²) in [6, 6.07) is 21.6. The SMILES string of the molecule is O=C(CCN1C(=O)COc2ccccc21)Nc1ccc(S(=O)(=O)Nc2ccccc2)cc1. The summed E-state index contributed by atoms with van der Waals surface area (Å²) in [5.41, 5.74) is 1.56. The zero-order valence-corrected chi connectivity index (χ0v) is 17.8. The Bertz CT molecular complexity index is 1230. The molecule has 0 saturated carbocycles. The minimum Gasteiger partial charge on any atom is -0.482 e. The molecule has 0 radical (unpaired) electrons. The summed E-state index contributed by atoms with van der Waals surface area (Å²) < 4.78 is 32.9. The molecule has 0 saturated heterocycles. The number of amides is 2. The summed E-state index contributed by atoms with van der Waals surface area (Å²) in [5.74, 6) is 0.102. The van der Waals surface area contributed by atoms with E-state index in [0.29, 0.717) is 22.8 Å². The highest BCUT2D eigenvalue weighted by atomic mass is 32.2. The van der Waals surface area contributed by atoms with Gasteiger partial charge < -0.3 is 15.0 Å². The number of nitrogens with zero attached hydrogens (tertiary/aromatic N) is 1. The second-order valence-electron chi connectivity index (χ2n) is 7.10. The first kappa shape index (κ1) is 21.4. The largest absolute Gasteiger partial charge is 0.482 e. The Kier molecular flexibility index (Phi) is 6.09. The van der Waals surface area contributed by atoms with E-state index >= 15 is 0 Å². The smallest absolute Gasteiger partial charge is 0.265 e. The van der Waals surface area contributed by atoms with Crippen molar-refractivity contribution >= 4 is 38.9 Å². The number of hydrogen-bond acceptors (Lipinski definition) is 5. The standard InChI is InChI=1S/C23H21N3O5S/c27-22(14-15-26-20-8-4-5-9-21(20)31-16-23(26)28)24-17-10-12-19(13-11-17)32(29,30)25-18-6-2-1-3-7-18/h1-13,25H,14-16H2,(H,24,27). The zero-order valence-electron chi connectivity index (χ0n) is 17.0. The minimum absolute atomic E-state index is 0.0639. The van der Waals surface area contributed by atoms with Crippen LogP contribution in [-0.2, 0) is 19.6 Å². The molecule has 1 aliphatic heterocycles. The third-order valence-corrected chi connectivity index (χ3v) is 6.24. The summed E-state index contributed by atoms with van der Waals surface area (Å²) in [4.78, 5) is 26.2. The molecular weight excluding hydrogens is 430 g/mol. The molecule has 9 heteroatoms. The van der Waals surface area contributed by atoms with E-state index in [1.165, 1.54) is 29.2 Å². The lowest BCUT2D eigenvalue weighted by atomic mass is 10.2. The van der Waals surface area contributed by atoms with Crippen LogP contribution in [0.3, 0.4) is 0 Å².